The molecule has 0 radical (unpaired) electrons. The number of rotatable bonds is 7. The zero-order valence-electron chi connectivity index (χ0n) is 15.2. The Morgan fingerprint density at radius 3 is 2.23 bits per heavy atom. The Kier molecular flexibility index (Phi) is 6.05. The number of carbonyl (C=O) groups is 2. The Morgan fingerprint density at radius 1 is 1.12 bits per heavy atom. The SMILES string of the molecule is CCOC(=O)c1c(C)noc1NC(=O)c1cc(OC)c(OC)c(OC)c1. The molecule has 0 aliphatic rings. The maximum absolute atomic E-state index is 12.6. The Hall–Kier alpha value is -3.23. The molecule has 0 saturated carbocycles. The second kappa shape index (κ2) is 8.24. The van der Waals surface area contributed by atoms with Crippen LogP contribution in [0, 0.1) is 6.92 Å². The summed E-state index contributed by atoms with van der Waals surface area (Å²) < 4.78 is 25.7. The number of anilines is 1. The quantitative estimate of drug-likeness (QED) is 0.746. The fourth-order valence-electron chi connectivity index (χ4n) is 2.29. The smallest absolute Gasteiger partial charge is 0.345 e. The lowest BCUT2D eigenvalue weighted by atomic mass is 10.1. The summed E-state index contributed by atoms with van der Waals surface area (Å²) in [6, 6.07) is 2.95. The first-order valence-electron chi connectivity index (χ1n) is 7.71. The van der Waals surface area contributed by atoms with Gasteiger partial charge >= 0.3 is 5.97 Å². The molecule has 0 aliphatic heterocycles. The van der Waals surface area contributed by atoms with Crippen LogP contribution in [0.25, 0.3) is 0 Å². The second-order valence-corrected chi connectivity index (χ2v) is 5.06. The van der Waals surface area contributed by atoms with E-state index >= 15 is 0 Å². The van der Waals surface area contributed by atoms with Gasteiger partial charge in [-0.1, -0.05) is 5.16 Å². The van der Waals surface area contributed by atoms with E-state index in [1.807, 2.05) is 0 Å². The van der Waals surface area contributed by atoms with Crippen LogP contribution in [0.4, 0.5) is 5.88 Å². The average molecular weight is 364 g/mol. The molecule has 0 unspecified atom stereocenters. The van der Waals surface area contributed by atoms with E-state index in [9.17, 15) is 9.59 Å². The van der Waals surface area contributed by atoms with E-state index in [-0.39, 0.29) is 23.6 Å². The monoisotopic (exact) mass is 364 g/mol. The third kappa shape index (κ3) is 3.71. The lowest BCUT2D eigenvalue weighted by molar-refractivity contribution is 0.0526. The van der Waals surface area contributed by atoms with Gasteiger partial charge in [0.2, 0.25) is 11.6 Å². The first kappa shape index (κ1) is 19.1. The molecule has 9 heteroatoms. The van der Waals surface area contributed by atoms with Crippen molar-refractivity contribution in [1.82, 2.24) is 5.16 Å². The Labute approximate surface area is 150 Å². The van der Waals surface area contributed by atoms with Crippen LogP contribution in [0.5, 0.6) is 17.2 Å². The lowest BCUT2D eigenvalue weighted by Gasteiger charge is -2.13. The van der Waals surface area contributed by atoms with Crippen molar-refractivity contribution in [1.29, 1.82) is 0 Å². The molecule has 0 bridgehead atoms. The number of carbonyl (C=O) groups excluding carboxylic acids is 2. The number of hydrogen-bond acceptors (Lipinski definition) is 8. The van der Waals surface area contributed by atoms with Crippen molar-refractivity contribution in [3.63, 3.8) is 0 Å². The zero-order valence-corrected chi connectivity index (χ0v) is 15.2. The highest BCUT2D eigenvalue weighted by Crippen LogP contribution is 2.38. The molecule has 1 aromatic carbocycles. The summed E-state index contributed by atoms with van der Waals surface area (Å²) in [7, 11) is 4.35. The Balaban J connectivity index is 2.36. The summed E-state index contributed by atoms with van der Waals surface area (Å²) in [4.78, 5) is 24.6. The number of nitrogens with zero attached hydrogens (tertiary/aromatic N) is 1. The summed E-state index contributed by atoms with van der Waals surface area (Å²) in [6.07, 6.45) is 0. The van der Waals surface area contributed by atoms with E-state index in [4.69, 9.17) is 23.5 Å². The summed E-state index contributed by atoms with van der Waals surface area (Å²) in [5.74, 6) is -0.292. The largest absolute Gasteiger partial charge is 0.493 e. The summed E-state index contributed by atoms with van der Waals surface area (Å²) in [5, 5.41) is 6.21. The number of amides is 1. The highest BCUT2D eigenvalue weighted by molar-refractivity contribution is 6.07. The van der Waals surface area contributed by atoms with E-state index < -0.39 is 11.9 Å². The number of esters is 1. The standard InChI is InChI=1S/C17H20N2O7/c1-6-25-17(21)13-9(2)19-26-16(13)18-15(20)10-7-11(22-3)14(24-5)12(8-10)23-4/h7-8H,6H2,1-5H3,(H,18,20). The van der Waals surface area contributed by atoms with Crippen LogP contribution in [-0.2, 0) is 4.74 Å². The summed E-state index contributed by atoms with van der Waals surface area (Å²) in [5.41, 5.74) is 0.583. The van der Waals surface area contributed by atoms with Gasteiger partial charge in [0, 0.05) is 5.56 Å². The molecule has 140 valence electrons. The second-order valence-electron chi connectivity index (χ2n) is 5.06. The maximum Gasteiger partial charge on any atom is 0.345 e. The van der Waals surface area contributed by atoms with Crippen molar-refractivity contribution in [2.24, 2.45) is 0 Å². The predicted molar refractivity (Wildman–Crippen MR) is 91.2 cm³/mol. The van der Waals surface area contributed by atoms with Gasteiger partial charge in [0.25, 0.3) is 5.91 Å². The van der Waals surface area contributed by atoms with Crippen LogP contribution in [-0.4, -0.2) is 45.0 Å². The highest BCUT2D eigenvalue weighted by Gasteiger charge is 2.25. The van der Waals surface area contributed by atoms with Gasteiger partial charge in [-0.05, 0) is 26.0 Å². The maximum atomic E-state index is 12.6. The van der Waals surface area contributed by atoms with Gasteiger partial charge in [0.1, 0.15) is 5.56 Å². The molecule has 9 nitrogen and oxygen atoms in total. The average Bonchev–Trinajstić information content (AvgIpc) is 3.00. The normalized spacial score (nSPS) is 10.2. The van der Waals surface area contributed by atoms with Crippen LogP contribution >= 0.6 is 0 Å². The Bertz CT molecular complexity index is 788. The summed E-state index contributed by atoms with van der Waals surface area (Å²) in [6.45, 7) is 3.43. The molecular weight excluding hydrogens is 344 g/mol. The first-order valence-corrected chi connectivity index (χ1v) is 7.71. The molecule has 26 heavy (non-hydrogen) atoms. The molecule has 0 spiro atoms. The molecule has 1 heterocycles. The van der Waals surface area contributed by atoms with Crippen LogP contribution in [0.1, 0.15) is 33.3 Å². The Morgan fingerprint density at radius 2 is 1.73 bits per heavy atom. The molecule has 1 amide bonds. The fourth-order valence-corrected chi connectivity index (χ4v) is 2.29. The van der Waals surface area contributed by atoms with Gasteiger partial charge in [-0.3, -0.25) is 10.1 Å². The molecule has 1 aromatic heterocycles. The number of ether oxygens (including phenoxy) is 4. The first-order chi connectivity index (χ1) is 12.5. The van der Waals surface area contributed by atoms with Crippen LogP contribution < -0.4 is 19.5 Å². The number of benzene rings is 1. The third-order valence-corrected chi connectivity index (χ3v) is 3.50. The molecular formula is C17H20N2O7. The minimum Gasteiger partial charge on any atom is -0.493 e. The zero-order chi connectivity index (χ0) is 19.3. The van der Waals surface area contributed by atoms with Crippen molar-refractivity contribution in [2.45, 2.75) is 13.8 Å². The van der Waals surface area contributed by atoms with Crippen molar-refractivity contribution < 1.29 is 33.1 Å². The topological polar surface area (TPSA) is 109 Å². The minimum absolute atomic E-state index is 0.0626. The van der Waals surface area contributed by atoms with Crippen molar-refractivity contribution in [3.05, 3.63) is 29.0 Å². The third-order valence-electron chi connectivity index (χ3n) is 3.50. The van der Waals surface area contributed by atoms with Crippen molar-refractivity contribution in [2.75, 3.05) is 33.3 Å². The number of aryl methyl sites for hydroxylation is 1. The molecule has 1 N–H and O–H groups in total. The van der Waals surface area contributed by atoms with Gasteiger partial charge in [0.05, 0.1) is 33.6 Å². The number of nitrogens with one attached hydrogen (secondary N) is 1. The van der Waals surface area contributed by atoms with Crippen molar-refractivity contribution in [3.8, 4) is 17.2 Å². The van der Waals surface area contributed by atoms with E-state index in [1.54, 1.807) is 13.8 Å². The molecule has 2 rings (SSSR count). The van der Waals surface area contributed by atoms with Gasteiger partial charge < -0.3 is 23.5 Å². The predicted octanol–water partition coefficient (Wildman–Crippen LogP) is 2.44. The van der Waals surface area contributed by atoms with Gasteiger partial charge in [-0.25, -0.2) is 4.79 Å². The highest BCUT2D eigenvalue weighted by atomic mass is 16.5. The summed E-state index contributed by atoms with van der Waals surface area (Å²) >= 11 is 0. The molecule has 2 aromatic rings. The molecule has 0 aliphatic carbocycles. The van der Waals surface area contributed by atoms with Crippen LogP contribution in [0.3, 0.4) is 0 Å². The van der Waals surface area contributed by atoms with E-state index in [0.29, 0.717) is 22.9 Å². The fraction of sp³-hybridized carbons (Fsp3) is 0.353. The van der Waals surface area contributed by atoms with Crippen LogP contribution in [0.2, 0.25) is 0 Å². The lowest BCUT2D eigenvalue weighted by Crippen LogP contribution is -2.15. The van der Waals surface area contributed by atoms with E-state index in [2.05, 4.69) is 10.5 Å². The molecule has 0 atom stereocenters. The van der Waals surface area contributed by atoms with E-state index in [1.165, 1.54) is 33.5 Å². The minimum atomic E-state index is -0.633. The van der Waals surface area contributed by atoms with Gasteiger partial charge in [0.15, 0.2) is 11.5 Å². The van der Waals surface area contributed by atoms with Crippen molar-refractivity contribution >= 4 is 17.8 Å². The van der Waals surface area contributed by atoms with Crippen LogP contribution in [0.15, 0.2) is 16.7 Å². The molecule has 0 fully saturated rings. The van der Waals surface area contributed by atoms with Gasteiger partial charge in [-0.2, -0.15) is 0 Å². The number of aromatic nitrogens is 1. The van der Waals surface area contributed by atoms with Gasteiger partial charge in [-0.15, -0.1) is 0 Å². The van der Waals surface area contributed by atoms with E-state index in [0.717, 1.165) is 0 Å². The number of methoxy groups -OCH3 is 3. The number of hydrogen-bond donors (Lipinski definition) is 1. The molecule has 0 saturated heterocycles.